The van der Waals surface area contributed by atoms with E-state index in [1.165, 1.54) is 0 Å². The lowest BCUT2D eigenvalue weighted by Gasteiger charge is -2.09. The first kappa shape index (κ1) is 11.3. The van der Waals surface area contributed by atoms with Gasteiger partial charge < -0.3 is 16.5 Å². The maximum Gasteiger partial charge on any atom is 0.137 e. The molecule has 0 spiro atoms. The summed E-state index contributed by atoms with van der Waals surface area (Å²) < 4.78 is 0. The SMILES string of the molecule is Nc1ccc(-c2ccc(N)cc2-c2ncc[nH]2)cc1. The van der Waals surface area contributed by atoms with Gasteiger partial charge in [0.2, 0.25) is 0 Å². The van der Waals surface area contributed by atoms with Crippen molar-refractivity contribution in [3.63, 3.8) is 0 Å². The molecule has 0 saturated heterocycles. The number of rotatable bonds is 2. The van der Waals surface area contributed by atoms with Crippen LogP contribution in [-0.4, -0.2) is 9.97 Å². The maximum atomic E-state index is 5.87. The second-order valence-corrected chi connectivity index (χ2v) is 4.36. The van der Waals surface area contributed by atoms with Crippen LogP contribution in [0, 0.1) is 0 Å². The molecule has 1 aromatic heterocycles. The Hall–Kier alpha value is -2.75. The largest absolute Gasteiger partial charge is 0.399 e. The lowest BCUT2D eigenvalue weighted by molar-refractivity contribution is 1.31. The van der Waals surface area contributed by atoms with Crippen molar-refractivity contribution in [3.8, 4) is 22.5 Å². The summed E-state index contributed by atoms with van der Waals surface area (Å²) in [6, 6.07) is 13.6. The monoisotopic (exact) mass is 250 g/mol. The van der Waals surface area contributed by atoms with Gasteiger partial charge in [-0.25, -0.2) is 4.98 Å². The highest BCUT2D eigenvalue weighted by Crippen LogP contribution is 2.32. The van der Waals surface area contributed by atoms with Crippen molar-refractivity contribution in [3.05, 3.63) is 54.9 Å². The lowest BCUT2D eigenvalue weighted by atomic mass is 9.98. The quantitative estimate of drug-likeness (QED) is 0.612. The number of nitrogens with zero attached hydrogens (tertiary/aromatic N) is 1. The minimum atomic E-state index is 0.714. The molecule has 1 heterocycles. The molecule has 0 atom stereocenters. The molecule has 0 aliphatic heterocycles. The number of nitrogen functional groups attached to an aromatic ring is 2. The third-order valence-corrected chi connectivity index (χ3v) is 3.02. The van der Waals surface area contributed by atoms with Gasteiger partial charge in [-0.05, 0) is 35.4 Å². The molecular formula is C15H14N4. The molecule has 0 saturated carbocycles. The van der Waals surface area contributed by atoms with Crippen molar-refractivity contribution in [1.82, 2.24) is 9.97 Å². The van der Waals surface area contributed by atoms with Crippen molar-refractivity contribution in [2.24, 2.45) is 0 Å². The van der Waals surface area contributed by atoms with Crippen LogP contribution in [-0.2, 0) is 0 Å². The molecule has 2 aromatic carbocycles. The van der Waals surface area contributed by atoms with Crippen molar-refractivity contribution < 1.29 is 0 Å². The van der Waals surface area contributed by atoms with Gasteiger partial charge >= 0.3 is 0 Å². The van der Waals surface area contributed by atoms with Crippen LogP contribution in [0.3, 0.4) is 0 Å². The van der Waals surface area contributed by atoms with E-state index in [0.29, 0.717) is 5.69 Å². The second-order valence-electron chi connectivity index (χ2n) is 4.36. The van der Waals surface area contributed by atoms with Gasteiger partial charge in [-0.1, -0.05) is 18.2 Å². The molecule has 0 fully saturated rings. The molecule has 0 aliphatic carbocycles. The zero-order valence-electron chi connectivity index (χ0n) is 10.3. The molecule has 3 rings (SSSR count). The van der Waals surface area contributed by atoms with Crippen molar-refractivity contribution in [1.29, 1.82) is 0 Å². The molecule has 3 aromatic rings. The molecule has 0 bridgehead atoms. The molecule has 0 unspecified atom stereocenters. The Kier molecular flexibility index (Phi) is 2.68. The summed E-state index contributed by atoms with van der Waals surface area (Å²) in [6.07, 6.45) is 3.52. The highest BCUT2D eigenvalue weighted by atomic mass is 14.9. The van der Waals surface area contributed by atoms with Gasteiger partial charge in [0.05, 0.1) is 0 Å². The predicted octanol–water partition coefficient (Wildman–Crippen LogP) is 2.91. The Morgan fingerprint density at radius 2 is 1.58 bits per heavy atom. The van der Waals surface area contributed by atoms with Gasteiger partial charge in [-0.15, -0.1) is 0 Å². The topological polar surface area (TPSA) is 80.7 Å². The van der Waals surface area contributed by atoms with Gasteiger partial charge in [0, 0.05) is 29.3 Å². The van der Waals surface area contributed by atoms with Crippen LogP contribution in [0.2, 0.25) is 0 Å². The fraction of sp³-hybridized carbons (Fsp3) is 0. The Morgan fingerprint density at radius 1 is 0.842 bits per heavy atom. The third kappa shape index (κ3) is 2.15. The summed E-state index contributed by atoms with van der Waals surface area (Å²) in [5.41, 5.74) is 16.2. The first-order chi connectivity index (χ1) is 9.24. The normalized spacial score (nSPS) is 10.5. The smallest absolute Gasteiger partial charge is 0.137 e. The zero-order chi connectivity index (χ0) is 13.2. The molecule has 94 valence electrons. The Morgan fingerprint density at radius 3 is 2.26 bits per heavy atom. The van der Waals surface area contributed by atoms with Crippen molar-refractivity contribution >= 4 is 11.4 Å². The summed E-state index contributed by atoms with van der Waals surface area (Å²) in [4.78, 5) is 7.41. The summed E-state index contributed by atoms with van der Waals surface area (Å²) in [6.45, 7) is 0. The summed E-state index contributed by atoms with van der Waals surface area (Å²) in [5, 5.41) is 0. The van der Waals surface area contributed by atoms with E-state index in [1.807, 2.05) is 42.5 Å². The Labute approximate surface area is 111 Å². The molecule has 19 heavy (non-hydrogen) atoms. The first-order valence-electron chi connectivity index (χ1n) is 5.99. The maximum absolute atomic E-state index is 5.87. The Bertz CT molecular complexity index is 685. The number of imidazole rings is 1. The number of hydrogen-bond acceptors (Lipinski definition) is 3. The van der Waals surface area contributed by atoms with Crippen LogP contribution in [0.4, 0.5) is 11.4 Å². The number of H-pyrrole nitrogens is 1. The molecule has 5 N–H and O–H groups in total. The van der Waals surface area contributed by atoms with E-state index in [-0.39, 0.29) is 0 Å². The van der Waals surface area contributed by atoms with E-state index in [1.54, 1.807) is 12.4 Å². The number of aromatic amines is 1. The van der Waals surface area contributed by atoms with Crippen LogP contribution in [0.25, 0.3) is 22.5 Å². The third-order valence-electron chi connectivity index (χ3n) is 3.02. The molecular weight excluding hydrogens is 236 g/mol. The highest BCUT2D eigenvalue weighted by Gasteiger charge is 2.09. The van der Waals surface area contributed by atoms with Gasteiger partial charge in [-0.3, -0.25) is 0 Å². The summed E-state index contributed by atoms with van der Waals surface area (Å²) in [7, 11) is 0. The van der Waals surface area contributed by atoms with Gasteiger partial charge in [0.15, 0.2) is 0 Å². The van der Waals surface area contributed by atoms with Crippen LogP contribution in [0.1, 0.15) is 0 Å². The van der Waals surface area contributed by atoms with E-state index in [4.69, 9.17) is 11.5 Å². The second kappa shape index (κ2) is 4.49. The fourth-order valence-corrected chi connectivity index (χ4v) is 2.08. The zero-order valence-corrected chi connectivity index (χ0v) is 10.3. The highest BCUT2D eigenvalue weighted by molar-refractivity contribution is 5.83. The van der Waals surface area contributed by atoms with Gasteiger partial charge in [-0.2, -0.15) is 0 Å². The minimum absolute atomic E-state index is 0.714. The molecule has 4 nitrogen and oxygen atoms in total. The van der Waals surface area contributed by atoms with Gasteiger partial charge in [0.1, 0.15) is 5.82 Å². The van der Waals surface area contributed by atoms with Crippen molar-refractivity contribution in [2.45, 2.75) is 0 Å². The Balaban J connectivity index is 2.18. The summed E-state index contributed by atoms with van der Waals surface area (Å²) >= 11 is 0. The number of aromatic nitrogens is 2. The van der Waals surface area contributed by atoms with Crippen molar-refractivity contribution in [2.75, 3.05) is 11.5 Å². The predicted molar refractivity (Wildman–Crippen MR) is 78.3 cm³/mol. The number of hydrogen-bond donors (Lipinski definition) is 3. The van der Waals surface area contributed by atoms with Crippen LogP contribution >= 0.6 is 0 Å². The van der Waals surface area contributed by atoms with Crippen LogP contribution < -0.4 is 11.5 Å². The lowest BCUT2D eigenvalue weighted by Crippen LogP contribution is -1.91. The van der Waals surface area contributed by atoms with Crippen LogP contribution in [0.15, 0.2) is 54.9 Å². The number of benzene rings is 2. The molecule has 0 aliphatic rings. The molecule has 0 radical (unpaired) electrons. The molecule has 4 heteroatoms. The standard InChI is InChI=1S/C15H14N4/c16-11-3-1-10(2-4-11)13-6-5-12(17)9-14(13)15-18-7-8-19-15/h1-9H,16-17H2,(H,18,19). The summed E-state index contributed by atoms with van der Waals surface area (Å²) in [5.74, 6) is 0.805. The van der Waals surface area contributed by atoms with E-state index in [2.05, 4.69) is 9.97 Å². The number of anilines is 2. The van der Waals surface area contributed by atoms with Crippen LogP contribution in [0.5, 0.6) is 0 Å². The van der Waals surface area contributed by atoms with E-state index in [9.17, 15) is 0 Å². The average molecular weight is 250 g/mol. The number of nitrogens with two attached hydrogens (primary N) is 2. The molecule has 0 amide bonds. The minimum Gasteiger partial charge on any atom is -0.399 e. The number of nitrogens with one attached hydrogen (secondary N) is 1. The first-order valence-corrected chi connectivity index (χ1v) is 5.99. The van der Waals surface area contributed by atoms with E-state index in [0.717, 1.165) is 28.2 Å². The van der Waals surface area contributed by atoms with E-state index < -0.39 is 0 Å². The average Bonchev–Trinajstić information content (AvgIpc) is 2.94. The van der Waals surface area contributed by atoms with Gasteiger partial charge in [0.25, 0.3) is 0 Å². The fourth-order valence-electron chi connectivity index (χ4n) is 2.08. The van der Waals surface area contributed by atoms with E-state index >= 15 is 0 Å².